The molecule has 0 fully saturated rings. The van der Waals surface area contributed by atoms with Crippen molar-refractivity contribution in [2.75, 3.05) is 13.2 Å². The molecule has 2 aromatic carbocycles. The van der Waals surface area contributed by atoms with Crippen LogP contribution in [0.25, 0.3) is 0 Å². The average molecular weight is 475 g/mol. The maximum absolute atomic E-state index is 11.8. The van der Waals surface area contributed by atoms with Gasteiger partial charge in [0.05, 0.1) is 6.61 Å². The van der Waals surface area contributed by atoms with Crippen molar-refractivity contribution < 1.29 is 39.5 Å². The predicted molar refractivity (Wildman–Crippen MR) is 127 cm³/mol. The van der Waals surface area contributed by atoms with Crippen LogP contribution in [0.4, 0.5) is 0 Å². The van der Waals surface area contributed by atoms with Crippen LogP contribution in [0.2, 0.25) is 0 Å². The van der Waals surface area contributed by atoms with E-state index >= 15 is 0 Å². The molecule has 0 saturated carbocycles. The van der Waals surface area contributed by atoms with Crippen LogP contribution < -0.4 is 4.74 Å². The van der Waals surface area contributed by atoms with Crippen LogP contribution in [0.3, 0.4) is 0 Å². The highest BCUT2D eigenvalue weighted by atomic mass is 16.5. The maximum Gasteiger partial charge on any atom is 0.303 e. The first-order valence-corrected chi connectivity index (χ1v) is 10.9. The predicted octanol–water partition coefficient (Wildman–Crippen LogP) is 3.06. The topological polar surface area (TPSA) is 141 Å². The smallest absolute Gasteiger partial charge is 0.303 e. The van der Waals surface area contributed by atoms with Crippen molar-refractivity contribution in [2.45, 2.75) is 58.2 Å². The van der Waals surface area contributed by atoms with Crippen molar-refractivity contribution >= 4 is 17.5 Å². The number of Topliss-reactive ketones (excluding diaryl/α,β-unsaturated/α-hetero) is 2. The number of carbonyl (C=O) groups excluding carboxylic acids is 2. The Morgan fingerprint density at radius 1 is 0.794 bits per heavy atom. The minimum Gasteiger partial charge on any atom is -0.491 e. The number of carboxylic acids is 1. The van der Waals surface area contributed by atoms with Crippen molar-refractivity contribution in [3.05, 3.63) is 65.2 Å². The molecular formula is C26H34O8. The first-order valence-electron chi connectivity index (χ1n) is 10.9. The Labute approximate surface area is 199 Å². The standard InChI is InChI=1S/C14H18O4.C12H16O4/c1-14(2,18)13(17)11-8-6-10(7-9-11)4-3-5-12(15)16;1-12(2,15)11(14)9-3-5-10(6-4-9)16-8-7-13/h6-9,18H,3-5H2,1-2H3,(H,15,16);3-6,13,15H,7-8H2,1-2H3. The molecule has 0 atom stereocenters. The van der Waals surface area contributed by atoms with E-state index in [4.69, 9.17) is 14.9 Å². The monoisotopic (exact) mass is 474 g/mol. The second-order valence-electron chi connectivity index (χ2n) is 8.82. The van der Waals surface area contributed by atoms with Crippen molar-refractivity contribution in [2.24, 2.45) is 0 Å². The van der Waals surface area contributed by atoms with Crippen molar-refractivity contribution in [1.82, 2.24) is 0 Å². The van der Waals surface area contributed by atoms with Gasteiger partial charge in [0, 0.05) is 17.5 Å². The first-order chi connectivity index (χ1) is 15.8. The SMILES string of the molecule is CC(C)(O)C(=O)c1ccc(CCCC(=O)O)cc1.CC(C)(O)C(=O)c1ccc(OCCO)cc1. The fourth-order valence-corrected chi connectivity index (χ4v) is 2.84. The van der Waals surface area contributed by atoms with Gasteiger partial charge in [0.1, 0.15) is 23.6 Å². The van der Waals surface area contributed by atoms with E-state index < -0.39 is 17.2 Å². The van der Waals surface area contributed by atoms with Crippen molar-refractivity contribution in [1.29, 1.82) is 0 Å². The molecule has 0 saturated heterocycles. The molecule has 34 heavy (non-hydrogen) atoms. The summed E-state index contributed by atoms with van der Waals surface area (Å²) in [7, 11) is 0. The van der Waals surface area contributed by atoms with Crippen LogP contribution in [0.15, 0.2) is 48.5 Å². The number of carboxylic acid groups (broad SMARTS) is 1. The molecule has 0 radical (unpaired) electrons. The molecular weight excluding hydrogens is 440 g/mol. The van der Waals surface area contributed by atoms with E-state index in [0.29, 0.717) is 29.7 Å². The molecule has 0 amide bonds. The molecule has 0 unspecified atom stereocenters. The number of benzene rings is 2. The summed E-state index contributed by atoms with van der Waals surface area (Å²) in [5.41, 5.74) is -0.852. The molecule has 0 bridgehead atoms. The number of hydrogen-bond donors (Lipinski definition) is 4. The van der Waals surface area contributed by atoms with Crippen LogP contribution in [0.1, 0.15) is 66.8 Å². The largest absolute Gasteiger partial charge is 0.491 e. The molecule has 4 N–H and O–H groups in total. The Morgan fingerprint density at radius 3 is 1.62 bits per heavy atom. The third-order valence-corrected chi connectivity index (χ3v) is 4.66. The van der Waals surface area contributed by atoms with Gasteiger partial charge in [-0.05, 0) is 70.4 Å². The lowest BCUT2D eigenvalue weighted by Crippen LogP contribution is -2.31. The fourth-order valence-electron chi connectivity index (χ4n) is 2.84. The summed E-state index contributed by atoms with van der Waals surface area (Å²) in [4.78, 5) is 33.8. The number of ketones is 2. The summed E-state index contributed by atoms with van der Waals surface area (Å²) in [5, 5.41) is 36.2. The number of aliphatic hydroxyl groups is 3. The third kappa shape index (κ3) is 10.2. The number of carbonyl (C=O) groups is 3. The Bertz CT molecular complexity index is 933. The van der Waals surface area contributed by atoms with Gasteiger partial charge in [0.15, 0.2) is 11.6 Å². The highest BCUT2D eigenvalue weighted by molar-refractivity contribution is 6.02. The number of aliphatic carboxylic acids is 1. The molecule has 2 rings (SSSR count). The molecule has 8 heteroatoms. The molecule has 0 aliphatic carbocycles. The van der Waals surface area contributed by atoms with Gasteiger partial charge < -0.3 is 25.2 Å². The van der Waals surface area contributed by atoms with Gasteiger partial charge in [0.25, 0.3) is 0 Å². The zero-order valence-corrected chi connectivity index (χ0v) is 20.1. The lowest BCUT2D eigenvalue weighted by molar-refractivity contribution is -0.137. The van der Waals surface area contributed by atoms with Crippen LogP contribution in [0.5, 0.6) is 5.75 Å². The number of rotatable bonds is 11. The summed E-state index contributed by atoms with van der Waals surface area (Å²) >= 11 is 0. The van der Waals surface area contributed by atoms with Crippen LogP contribution in [-0.4, -0.2) is 62.4 Å². The molecule has 0 aromatic heterocycles. The lowest BCUT2D eigenvalue weighted by Gasteiger charge is -2.15. The molecule has 0 aliphatic rings. The molecule has 8 nitrogen and oxygen atoms in total. The number of aryl methyl sites for hydroxylation is 1. The summed E-state index contributed by atoms with van der Waals surface area (Å²) in [6.45, 7) is 5.98. The Hall–Kier alpha value is -3.07. The van der Waals surface area contributed by atoms with E-state index in [2.05, 4.69) is 0 Å². The third-order valence-electron chi connectivity index (χ3n) is 4.66. The van der Waals surface area contributed by atoms with E-state index in [9.17, 15) is 24.6 Å². The summed E-state index contributed by atoms with van der Waals surface area (Å²) in [6.07, 6.45) is 1.39. The Balaban J connectivity index is 0.000000342. The first kappa shape index (κ1) is 29.0. The van der Waals surface area contributed by atoms with Gasteiger partial charge in [-0.2, -0.15) is 0 Å². The highest BCUT2D eigenvalue weighted by Gasteiger charge is 2.25. The number of hydrogen-bond acceptors (Lipinski definition) is 7. The van der Waals surface area contributed by atoms with Crippen LogP contribution in [0, 0.1) is 0 Å². The molecule has 186 valence electrons. The summed E-state index contributed by atoms with van der Waals surface area (Å²) in [5.74, 6) is -0.869. The van der Waals surface area contributed by atoms with Gasteiger partial charge >= 0.3 is 5.97 Å². The number of ether oxygens (including phenoxy) is 1. The highest BCUT2D eigenvalue weighted by Crippen LogP contribution is 2.17. The van der Waals surface area contributed by atoms with Gasteiger partial charge in [-0.15, -0.1) is 0 Å². The van der Waals surface area contributed by atoms with Crippen LogP contribution in [-0.2, 0) is 11.2 Å². The summed E-state index contributed by atoms with van der Waals surface area (Å²) in [6, 6.07) is 13.4. The second-order valence-corrected chi connectivity index (χ2v) is 8.82. The average Bonchev–Trinajstić information content (AvgIpc) is 2.76. The minimum atomic E-state index is -1.37. The van der Waals surface area contributed by atoms with Crippen molar-refractivity contribution in [3.8, 4) is 5.75 Å². The van der Waals surface area contributed by atoms with E-state index in [1.807, 2.05) is 0 Å². The van der Waals surface area contributed by atoms with Gasteiger partial charge in [-0.1, -0.05) is 24.3 Å². The van der Waals surface area contributed by atoms with Crippen LogP contribution >= 0.6 is 0 Å². The van der Waals surface area contributed by atoms with Gasteiger partial charge in [0.2, 0.25) is 0 Å². The molecule has 0 aliphatic heterocycles. The summed E-state index contributed by atoms with van der Waals surface area (Å²) < 4.78 is 5.15. The number of aliphatic hydroxyl groups excluding tert-OH is 1. The second kappa shape index (κ2) is 13.0. The van der Waals surface area contributed by atoms with E-state index in [1.165, 1.54) is 27.7 Å². The molecule has 0 heterocycles. The van der Waals surface area contributed by atoms with Crippen molar-refractivity contribution in [3.63, 3.8) is 0 Å². The van der Waals surface area contributed by atoms with E-state index in [0.717, 1.165) is 5.56 Å². The zero-order valence-electron chi connectivity index (χ0n) is 20.1. The quantitative estimate of drug-likeness (QED) is 0.364. The normalized spacial score (nSPS) is 11.3. The van der Waals surface area contributed by atoms with Gasteiger partial charge in [-0.25, -0.2) is 0 Å². The van der Waals surface area contributed by atoms with Gasteiger partial charge in [-0.3, -0.25) is 14.4 Å². The Morgan fingerprint density at radius 2 is 1.24 bits per heavy atom. The van der Waals surface area contributed by atoms with E-state index in [1.54, 1.807) is 48.5 Å². The molecule has 2 aromatic rings. The molecule has 0 spiro atoms. The van der Waals surface area contributed by atoms with E-state index in [-0.39, 0.29) is 31.2 Å². The minimum absolute atomic E-state index is 0.0512. The zero-order chi connectivity index (χ0) is 25.9. The Kier molecular flexibility index (Phi) is 11.1. The lowest BCUT2D eigenvalue weighted by atomic mass is 9.95. The maximum atomic E-state index is 11.8. The fraction of sp³-hybridized carbons (Fsp3) is 0.423.